The number of hydrogen-bond donors (Lipinski definition) is 3. The van der Waals surface area contributed by atoms with E-state index in [9.17, 15) is 19.5 Å². The monoisotopic (exact) mass is 410 g/mol. The number of methoxy groups -OCH3 is 1. The third kappa shape index (κ3) is 3.10. The predicted octanol–water partition coefficient (Wildman–Crippen LogP) is 1.51. The van der Waals surface area contributed by atoms with E-state index in [-0.39, 0.29) is 12.0 Å². The number of nitrogens with one attached hydrogen (secondary N) is 1. The largest absolute Gasteiger partial charge is 0.506 e. The van der Waals surface area contributed by atoms with E-state index in [1.165, 1.54) is 4.57 Å². The fraction of sp³-hybridized carbons (Fsp3) is 0.190. The first-order chi connectivity index (χ1) is 14.4. The third-order valence-corrected chi connectivity index (χ3v) is 5.00. The van der Waals surface area contributed by atoms with Gasteiger partial charge in [0, 0.05) is 5.39 Å². The number of hydrogen-bond acceptors (Lipinski definition) is 6. The van der Waals surface area contributed by atoms with Gasteiger partial charge < -0.3 is 25.0 Å². The molecule has 154 valence electrons. The maximum Gasteiger partial charge on any atom is 0.322 e. The highest BCUT2D eigenvalue weighted by atomic mass is 16.5. The first-order valence-corrected chi connectivity index (χ1v) is 9.09. The van der Waals surface area contributed by atoms with E-state index in [0.717, 1.165) is 5.56 Å². The number of carbonyl (C=O) groups excluding carboxylic acids is 1. The number of carboxylic acid groups (broad SMARTS) is 1. The molecule has 4 rings (SSSR count). The summed E-state index contributed by atoms with van der Waals surface area (Å²) in [5.74, 6) is -1.70. The molecule has 0 saturated heterocycles. The van der Waals surface area contributed by atoms with E-state index in [2.05, 4.69) is 5.32 Å². The van der Waals surface area contributed by atoms with Gasteiger partial charge in [0.2, 0.25) is 0 Å². The second kappa shape index (κ2) is 7.43. The van der Waals surface area contributed by atoms with Crippen molar-refractivity contribution in [3.8, 4) is 17.2 Å². The molecule has 0 bridgehead atoms. The van der Waals surface area contributed by atoms with E-state index < -0.39 is 41.3 Å². The average molecular weight is 410 g/mol. The Morgan fingerprint density at radius 1 is 1.23 bits per heavy atom. The van der Waals surface area contributed by atoms with Crippen LogP contribution >= 0.6 is 0 Å². The first-order valence-electron chi connectivity index (χ1n) is 9.09. The van der Waals surface area contributed by atoms with Gasteiger partial charge >= 0.3 is 5.97 Å². The Kier molecular flexibility index (Phi) is 4.78. The van der Waals surface area contributed by atoms with Crippen molar-refractivity contribution in [3.63, 3.8) is 0 Å². The summed E-state index contributed by atoms with van der Waals surface area (Å²) in [5.41, 5.74) is -0.140. The first kappa shape index (κ1) is 19.3. The van der Waals surface area contributed by atoms with Crippen molar-refractivity contribution in [2.45, 2.75) is 6.04 Å². The molecule has 2 heterocycles. The Balaban J connectivity index is 1.94. The number of para-hydroxylation sites is 1. The van der Waals surface area contributed by atoms with E-state index >= 15 is 0 Å². The van der Waals surface area contributed by atoms with E-state index in [4.69, 9.17) is 14.6 Å². The standard InChI is InChI=1S/C21H18N2O7/c1-29-12-7-5-11(6-8-12)14-10-30-15-4-2-3-13-18(15)23(14)21(28)17(19(13)26)20(27)22-9-16(24)25/h2-8,14,26H,9-10H2,1H3,(H,22,27)(H,24,25). The number of nitrogens with zero attached hydrogens (tertiary/aromatic N) is 1. The van der Waals surface area contributed by atoms with Crippen molar-refractivity contribution >= 4 is 22.8 Å². The van der Waals surface area contributed by atoms with Crippen molar-refractivity contribution < 1.29 is 29.3 Å². The normalized spacial score (nSPS) is 14.8. The molecule has 1 aliphatic heterocycles. The maximum atomic E-state index is 13.3. The Morgan fingerprint density at radius 3 is 2.63 bits per heavy atom. The van der Waals surface area contributed by atoms with Crippen LogP contribution in [0.1, 0.15) is 22.0 Å². The zero-order valence-electron chi connectivity index (χ0n) is 15.9. The van der Waals surface area contributed by atoms with Crippen LogP contribution < -0.4 is 20.3 Å². The van der Waals surface area contributed by atoms with E-state index in [1.807, 2.05) is 0 Å². The third-order valence-electron chi connectivity index (χ3n) is 5.00. The van der Waals surface area contributed by atoms with Gasteiger partial charge in [-0.2, -0.15) is 0 Å². The van der Waals surface area contributed by atoms with Crippen molar-refractivity contribution in [1.29, 1.82) is 0 Å². The molecule has 3 N–H and O–H groups in total. The quantitative estimate of drug-likeness (QED) is 0.582. The fourth-order valence-electron chi connectivity index (χ4n) is 3.60. The number of pyridine rings is 1. The minimum absolute atomic E-state index is 0.138. The van der Waals surface area contributed by atoms with Crippen LogP contribution in [-0.2, 0) is 4.79 Å². The van der Waals surface area contributed by atoms with Gasteiger partial charge in [-0.05, 0) is 29.8 Å². The van der Waals surface area contributed by atoms with Crippen LogP contribution in [0.4, 0.5) is 0 Å². The Morgan fingerprint density at radius 2 is 1.97 bits per heavy atom. The summed E-state index contributed by atoms with van der Waals surface area (Å²) in [6.07, 6.45) is 0. The average Bonchev–Trinajstić information content (AvgIpc) is 2.75. The number of benzene rings is 2. The van der Waals surface area contributed by atoms with Crippen LogP contribution in [0.25, 0.3) is 10.9 Å². The highest BCUT2D eigenvalue weighted by molar-refractivity contribution is 6.04. The minimum Gasteiger partial charge on any atom is -0.506 e. The molecule has 1 amide bonds. The summed E-state index contributed by atoms with van der Waals surface area (Å²) in [6, 6.07) is 11.4. The van der Waals surface area contributed by atoms with Gasteiger partial charge in [0.15, 0.2) is 0 Å². The van der Waals surface area contributed by atoms with Gasteiger partial charge in [-0.3, -0.25) is 19.0 Å². The molecule has 2 aromatic carbocycles. The lowest BCUT2D eigenvalue weighted by molar-refractivity contribution is -0.135. The lowest BCUT2D eigenvalue weighted by Crippen LogP contribution is -2.39. The van der Waals surface area contributed by atoms with Gasteiger partial charge in [-0.25, -0.2) is 0 Å². The number of aliphatic carboxylic acids is 1. The van der Waals surface area contributed by atoms with Gasteiger partial charge in [-0.15, -0.1) is 0 Å². The van der Waals surface area contributed by atoms with E-state index in [0.29, 0.717) is 17.0 Å². The van der Waals surface area contributed by atoms with Crippen molar-refractivity contribution in [2.75, 3.05) is 20.3 Å². The summed E-state index contributed by atoms with van der Waals surface area (Å²) in [6.45, 7) is -0.542. The second-order valence-corrected chi connectivity index (χ2v) is 6.73. The van der Waals surface area contributed by atoms with Gasteiger partial charge in [0.25, 0.3) is 11.5 Å². The molecule has 9 heteroatoms. The van der Waals surface area contributed by atoms with Crippen molar-refractivity contribution in [1.82, 2.24) is 9.88 Å². The molecule has 1 aliphatic rings. The summed E-state index contributed by atoms with van der Waals surface area (Å²) < 4.78 is 12.4. The zero-order chi connectivity index (χ0) is 21.4. The lowest BCUT2D eigenvalue weighted by atomic mass is 10.0. The van der Waals surface area contributed by atoms with Crippen molar-refractivity contribution in [3.05, 3.63) is 63.9 Å². The van der Waals surface area contributed by atoms with Crippen molar-refractivity contribution in [2.24, 2.45) is 0 Å². The van der Waals surface area contributed by atoms with Crippen LogP contribution in [0.15, 0.2) is 47.3 Å². The number of carboxylic acids is 1. The molecule has 1 atom stereocenters. The van der Waals surface area contributed by atoms with Crippen LogP contribution in [0.5, 0.6) is 17.2 Å². The Hall–Kier alpha value is -4.01. The Bertz CT molecular complexity index is 1210. The summed E-state index contributed by atoms with van der Waals surface area (Å²) in [5, 5.41) is 21.9. The van der Waals surface area contributed by atoms with Gasteiger partial charge in [0.1, 0.15) is 36.0 Å². The van der Waals surface area contributed by atoms with E-state index in [1.54, 1.807) is 49.6 Å². The predicted molar refractivity (Wildman–Crippen MR) is 106 cm³/mol. The van der Waals surface area contributed by atoms with Crippen LogP contribution in [0, 0.1) is 0 Å². The molecule has 1 unspecified atom stereocenters. The second-order valence-electron chi connectivity index (χ2n) is 6.73. The highest BCUT2D eigenvalue weighted by Gasteiger charge is 2.31. The number of amides is 1. The minimum atomic E-state index is -1.27. The molecule has 1 aromatic heterocycles. The molecule has 0 saturated carbocycles. The molecule has 9 nitrogen and oxygen atoms in total. The molecular weight excluding hydrogens is 392 g/mol. The summed E-state index contributed by atoms with van der Waals surface area (Å²) in [4.78, 5) is 36.7. The number of aromatic hydroxyl groups is 1. The van der Waals surface area contributed by atoms with Crippen LogP contribution in [0.3, 0.4) is 0 Å². The molecule has 30 heavy (non-hydrogen) atoms. The zero-order valence-corrected chi connectivity index (χ0v) is 15.9. The topological polar surface area (TPSA) is 127 Å². The number of carbonyl (C=O) groups is 2. The van der Waals surface area contributed by atoms with Crippen LogP contribution in [0.2, 0.25) is 0 Å². The van der Waals surface area contributed by atoms with Gasteiger partial charge in [0.05, 0.1) is 18.7 Å². The fourth-order valence-corrected chi connectivity index (χ4v) is 3.60. The van der Waals surface area contributed by atoms with Crippen LogP contribution in [-0.4, -0.2) is 46.9 Å². The smallest absolute Gasteiger partial charge is 0.322 e. The molecular formula is C21H18N2O7. The SMILES string of the molecule is COc1ccc(C2COc3cccc4c(O)c(C(=O)NCC(=O)O)c(=O)n2c34)cc1. The molecule has 0 aliphatic carbocycles. The summed E-state index contributed by atoms with van der Waals surface area (Å²) >= 11 is 0. The molecule has 3 aromatic rings. The number of rotatable bonds is 5. The van der Waals surface area contributed by atoms with Gasteiger partial charge in [-0.1, -0.05) is 18.2 Å². The number of aromatic nitrogens is 1. The molecule has 0 spiro atoms. The Labute approximate surface area is 170 Å². The lowest BCUT2D eigenvalue weighted by Gasteiger charge is -2.29. The highest BCUT2D eigenvalue weighted by Crippen LogP contribution is 2.38. The number of ether oxygens (including phenoxy) is 2. The molecule has 0 fully saturated rings. The summed E-state index contributed by atoms with van der Waals surface area (Å²) in [7, 11) is 1.55. The maximum absolute atomic E-state index is 13.3. The molecule has 0 radical (unpaired) electrons.